The van der Waals surface area contributed by atoms with Crippen molar-refractivity contribution < 1.29 is 13.9 Å². The Balaban J connectivity index is 1.53. The Morgan fingerprint density at radius 2 is 2.00 bits per heavy atom. The minimum Gasteiger partial charge on any atom is -0.497 e. The first-order valence-corrected chi connectivity index (χ1v) is 8.86. The van der Waals surface area contributed by atoms with Gasteiger partial charge in [-0.1, -0.05) is 18.2 Å². The van der Waals surface area contributed by atoms with Gasteiger partial charge in [0, 0.05) is 32.1 Å². The molecule has 0 N–H and O–H groups in total. The molecule has 1 amide bonds. The van der Waals surface area contributed by atoms with E-state index in [1.54, 1.807) is 19.2 Å². The number of aromatic nitrogens is 1. The van der Waals surface area contributed by atoms with Gasteiger partial charge in [0.25, 0.3) is 0 Å². The molecule has 0 aliphatic carbocycles. The van der Waals surface area contributed by atoms with Crippen LogP contribution >= 0.6 is 0 Å². The lowest BCUT2D eigenvalue weighted by Gasteiger charge is -2.40. The fourth-order valence-electron chi connectivity index (χ4n) is 3.28. The maximum absolute atomic E-state index is 13.4. The van der Waals surface area contributed by atoms with Crippen molar-refractivity contribution in [1.29, 1.82) is 0 Å². The summed E-state index contributed by atoms with van der Waals surface area (Å²) in [7, 11) is 1.64. The van der Waals surface area contributed by atoms with Gasteiger partial charge in [-0.2, -0.15) is 4.39 Å². The van der Waals surface area contributed by atoms with Crippen LogP contribution in [0.2, 0.25) is 0 Å². The number of piperazine rings is 1. The summed E-state index contributed by atoms with van der Waals surface area (Å²) in [6.45, 7) is 3.95. The smallest absolute Gasteiger partial charge is 0.223 e. The van der Waals surface area contributed by atoms with Gasteiger partial charge in [-0.05, 0) is 43.2 Å². The molecule has 0 spiro atoms. The van der Waals surface area contributed by atoms with Gasteiger partial charge >= 0.3 is 0 Å². The molecule has 1 atom stereocenters. The van der Waals surface area contributed by atoms with Crippen LogP contribution in [0, 0.1) is 5.95 Å². The van der Waals surface area contributed by atoms with Gasteiger partial charge in [0.15, 0.2) is 0 Å². The van der Waals surface area contributed by atoms with E-state index in [-0.39, 0.29) is 11.9 Å². The third-order valence-corrected chi connectivity index (χ3v) is 4.76. The van der Waals surface area contributed by atoms with Crippen molar-refractivity contribution in [2.45, 2.75) is 25.8 Å². The first-order chi connectivity index (χ1) is 12.6. The van der Waals surface area contributed by atoms with Crippen LogP contribution in [0.4, 0.5) is 10.2 Å². The van der Waals surface area contributed by atoms with E-state index in [4.69, 9.17) is 4.74 Å². The fraction of sp³-hybridized carbons (Fsp3) is 0.400. The highest BCUT2D eigenvalue weighted by molar-refractivity contribution is 5.77. The molecule has 2 aromatic rings. The van der Waals surface area contributed by atoms with Crippen molar-refractivity contribution in [1.82, 2.24) is 9.88 Å². The molecular weight excluding hydrogens is 333 g/mol. The van der Waals surface area contributed by atoms with Gasteiger partial charge in [-0.15, -0.1) is 0 Å². The van der Waals surface area contributed by atoms with Crippen molar-refractivity contribution in [2.75, 3.05) is 31.6 Å². The summed E-state index contributed by atoms with van der Waals surface area (Å²) in [4.78, 5) is 20.4. The highest BCUT2D eigenvalue weighted by Crippen LogP contribution is 2.19. The number of hydrogen-bond acceptors (Lipinski definition) is 4. The van der Waals surface area contributed by atoms with Crippen molar-refractivity contribution in [3.63, 3.8) is 0 Å². The monoisotopic (exact) mass is 357 g/mol. The molecule has 1 aliphatic heterocycles. The summed E-state index contributed by atoms with van der Waals surface area (Å²) in [6, 6.07) is 12.7. The number of methoxy groups -OCH3 is 1. The topological polar surface area (TPSA) is 45.7 Å². The first kappa shape index (κ1) is 18.2. The fourth-order valence-corrected chi connectivity index (χ4v) is 3.28. The Hall–Kier alpha value is -2.63. The number of benzene rings is 1. The van der Waals surface area contributed by atoms with E-state index in [1.165, 1.54) is 6.07 Å². The molecule has 0 radical (unpaired) electrons. The Labute approximate surface area is 153 Å². The standard InChI is InChI=1S/C20H24FN3O2/c1-15-14-23(12-13-24(15)19-5-3-4-18(21)22-19)20(25)11-8-16-6-9-17(26-2)10-7-16/h3-7,9-10,15H,8,11-14H2,1-2H3. The maximum atomic E-state index is 13.4. The Morgan fingerprint density at radius 3 is 2.65 bits per heavy atom. The molecule has 3 rings (SSSR count). The van der Waals surface area contributed by atoms with Crippen LogP contribution in [0.15, 0.2) is 42.5 Å². The minimum absolute atomic E-state index is 0.1000. The number of carbonyl (C=O) groups is 1. The lowest BCUT2D eigenvalue weighted by molar-refractivity contribution is -0.131. The Morgan fingerprint density at radius 1 is 1.23 bits per heavy atom. The molecule has 138 valence electrons. The molecule has 1 unspecified atom stereocenters. The molecule has 1 aromatic carbocycles. The van der Waals surface area contributed by atoms with E-state index in [9.17, 15) is 9.18 Å². The minimum atomic E-state index is -0.479. The van der Waals surface area contributed by atoms with Crippen LogP contribution in [-0.4, -0.2) is 48.6 Å². The zero-order valence-corrected chi connectivity index (χ0v) is 15.2. The van der Waals surface area contributed by atoms with E-state index in [0.717, 1.165) is 11.3 Å². The average molecular weight is 357 g/mol. The zero-order valence-electron chi connectivity index (χ0n) is 15.2. The van der Waals surface area contributed by atoms with Crippen LogP contribution in [0.25, 0.3) is 0 Å². The normalized spacial score (nSPS) is 17.3. The number of halogens is 1. The lowest BCUT2D eigenvalue weighted by Crippen LogP contribution is -2.54. The molecule has 1 aliphatic rings. The second-order valence-electron chi connectivity index (χ2n) is 6.55. The molecule has 6 heteroatoms. The average Bonchev–Trinajstić information content (AvgIpc) is 2.66. The number of hydrogen-bond donors (Lipinski definition) is 0. The van der Waals surface area contributed by atoms with Crippen LogP contribution in [-0.2, 0) is 11.2 Å². The van der Waals surface area contributed by atoms with Crippen LogP contribution in [0.3, 0.4) is 0 Å². The van der Waals surface area contributed by atoms with Crippen molar-refractivity contribution in [2.24, 2.45) is 0 Å². The number of amides is 1. The molecule has 1 aromatic heterocycles. The second-order valence-corrected chi connectivity index (χ2v) is 6.55. The van der Waals surface area contributed by atoms with Crippen molar-refractivity contribution >= 4 is 11.7 Å². The van der Waals surface area contributed by atoms with Gasteiger partial charge in [0.2, 0.25) is 11.9 Å². The number of nitrogens with zero attached hydrogens (tertiary/aromatic N) is 3. The predicted octanol–water partition coefficient (Wildman–Crippen LogP) is 2.90. The summed E-state index contributed by atoms with van der Waals surface area (Å²) >= 11 is 0. The second kappa shape index (κ2) is 8.17. The Kier molecular flexibility index (Phi) is 5.71. The van der Waals surface area contributed by atoms with Gasteiger partial charge in [0.1, 0.15) is 11.6 Å². The van der Waals surface area contributed by atoms with Crippen LogP contribution < -0.4 is 9.64 Å². The van der Waals surface area contributed by atoms with E-state index >= 15 is 0 Å². The molecular formula is C20H24FN3O2. The number of aryl methyl sites for hydroxylation is 1. The molecule has 2 heterocycles. The third-order valence-electron chi connectivity index (χ3n) is 4.76. The van der Waals surface area contributed by atoms with Crippen molar-refractivity contribution in [3.05, 3.63) is 54.0 Å². The van der Waals surface area contributed by atoms with Crippen LogP contribution in [0.1, 0.15) is 18.9 Å². The van der Waals surface area contributed by atoms with Gasteiger partial charge < -0.3 is 14.5 Å². The van der Waals surface area contributed by atoms with Crippen LogP contribution in [0.5, 0.6) is 5.75 Å². The number of rotatable bonds is 5. The summed E-state index contributed by atoms with van der Waals surface area (Å²) in [5.74, 6) is 1.12. The highest BCUT2D eigenvalue weighted by atomic mass is 19.1. The lowest BCUT2D eigenvalue weighted by atomic mass is 10.1. The molecule has 5 nitrogen and oxygen atoms in total. The third kappa shape index (κ3) is 4.31. The summed E-state index contributed by atoms with van der Waals surface area (Å²) in [5.41, 5.74) is 1.12. The summed E-state index contributed by atoms with van der Waals surface area (Å²) < 4.78 is 18.5. The van der Waals surface area contributed by atoms with E-state index < -0.39 is 5.95 Å². The molecule has 0 saturated carbocycles. The SMILES string of the molecule is COc1ccc(CCC(=O)N2CCN(c3cccc(F)n3)C(C)C2)cc1. The quantitative estimate of drug-likeness (QED) is 0.772. The largest absolute Gasteiger partial charge is 0.497 e. The van der Waals surface area contributed by atoms with Gasteiger partial charge in [-0.3, -0.25) is 4.79 Å². The first-order valence-electron chi connectivity index (χ1n) is 8.86. The number of anilines is 1. The molecule has 1 fully saturated rings. The summed E-state index contributed by atoms with van der Waals surface area (Å²) in [6.07, 6.45) is 1.19. The predicted molar refractivity (Wildman–Crippen MR) is 98.9 cm³/mol. The van der Waals surface area contributed by atoms with Gasteiger partial charge in [-0.25, -0.2) is 4.98 Å². The number of pyridine rings is 1. The summed E-state index contributed by atoms with van der Waals surface area (Å²) in [5, 5.41) is 0. The highest BCUT2D eigenvalue weighted by Gasteiger charge is 2.27. The molecule has 0 bridgehead atoms. The number of ether oxygens (including phenoxy) is 1. The van der Waals surface area contributed by atoms with Gasteiger partial charge in [0.05, 0.1) is 7.11 Å². The Bertz CT molecular complexity index is 751. The molecule has 1 saturated heterocycles. The maximum Gasteiger partial charge on any atom is 0.223 e. The van der Waals surface area contributed by atoms with E-state index in [2.05, 4.69) is 9.88 Å². The molecule has 26 heavy (non-hydrogen) atoms. The zero-order chi connectivity index (χ0) is 18.5. The number of carbonyl (C=O) groups excluding carboxylic acids is 1. The van der Waals surface area contributed by atoms with Crippen molar-refractivity contribution in [3.8, 4) is 5.75 Å². The van der Waals surface area contributed by atoms with E-state index in [0.29, 0.717) is 38.3 Å². The van der Waals surface area contributed by atoms with E-state index in [1.807, 2.05) is 36.1 Å².